The SMILES string of the molecule is C(=C\c1cc(-c2ccccc2)cc2c3ccccc3c3ccccc3[n+]12)/c1ccccc1. The summed E-state index contributed by atoms with van der Waals surface area (Å²) in [6.45, 7) is 0. The maximum Gasteiger partial charge on any atom is 0.220 e. The van der Waals surface area contributed by atoms with Gasteiger partial charge in [-0.25, -0.2) is 0 Å². The highest BCUT2D eigenvalue weighted by atomic mass is 14.9. The average molecular weight is 409 g/mol. The van der Waals surface area contributed by atoms with Gasteiger partial charge >= 0.3 is 0 Å². The van der Waals surface area contributed by atoms with E-state index < -0.39 is 0 Å². The third kappa shape index (κ3) is 3.16. The molecule has 0 unspecified atom stereocenters. The molecule has 6 rings (SSSR count). The molecule has 0 atom stereocenters. The number of hydrogen-bond donors (Lipinski definition) is 0. The van der Waals surface area contributed by atoms with Crippen molar-refractivity contribution >= 4 is 39.3 Å². The van der Waals surface area contributed by atoms with Crippen molar-refractivity contribution in [3.05, 3.63) is 133 Å². The Morgan fingerprint density at radius 3 is 1.78 bits per heavy atom. The Balaban J connectivity index is 1.75. The van der Waals surface area contributed by atoms with E-state index >= 15 is 0 Å². The van der Waals surface area contributed by atoms with E-state index in [2.05, 4.69) is 138 Å². The van der Waals surface area contributed by atoms with Crippen LogP contribution in [0.2, 0.25) is 0 Å². The molecule has 0 saturated carbocycles. The summed E-state index contributed by atoms with van der Waals surface area (Å²) >= 11 is 0. The molecule has 4 aromatic carbocycles. The van der Waals surface area contributed by atoms with Crippen LogP contribution in [-0.2, 0) is 0 Å². The minimum atomic E-state index is 1.16. The first-order chi connectivity index (χ1) is 15.9. The molecule has 32 heavy (non-hydrogen) atoms. The van der Waals surface area contributed by atoms with Crippen LogP contribution >= 0.6 is 0 Å². The van der Waals surface area contributed by atoms with Gasteiger partial charge in [0.15, 0.2) is 0 Å². The minimum Gasteiger partial charge on any atom is -0.153 e. The van der Waals surface area contributed by atoms with Gasteiger partial charge in [-0.2, -0.15) is 4.40 Å². The van der Waals surface area contributed by atoms with Crippen LogP contribution in [0.1, 0.15) is 11.3 Å². The van der Waals surface area contributed by atoms with E-state index in [1.54, 1.807) is 0 Å². The summed E-state index contributed by atoms with van der Waals surface area (Å²) in [6, 6.07) is 43.1. The zero-order valence-electron chi connectivity index (χ0n) is 17.6. The molecular formula is C31H22N+. The summed E-state index contributed by atoms with van der Waals surface area (Å²) in [6.07, 6.45) is 4.43. The van der Waals surface area contributed by atoms with Gasteiger partial charge in [-0.3, -0.25) is 0 Å². The monoisotopic (exact) mass is 408 g/mol. The van der Waals surface area contributed by atoms with Gasteiger partial charge in [0.05, 0.1) is 10.8 Å². The molecule has 0 radical (unpaired) electrons. The second-order valence-corrected chi connectivity index (χ2v) is 8.06. The van der Waals surface area contributed by atoms with Crippen molar-refractivity contribution in [3.63, 3.8) is 0 Å². The van der Waals surface area contributed by atoms with Crippen molar-refractivity contribution in [2.24, 2.45) is 0 Å². The summed E-state index contributed by atoms with van der Waals surface area (Å²) < 4.78 is 2.39. The maximum absolute atomic E-state index is 2.39. The number of pyridine rings is 2. The number of para-hydroxylation sites is 1. The Labute approximate surface area is 187 Å². The lowest BCUT2D eigenvalue weighted by Gasteiger charge is -2.09. The standard InChI is InChI=1S/C31H22N/c1-3-11-23(12-4-1)19-20-26-21-25(24-13-5-2-6-14-24)22-31-29-17-8-7-15-27(29)28-16-9-10-18-30(28)32(26)31/h1-22H/q+1/b20-19+. The lowest BCUT2D eigenvalue weighted by Crippen LogP contribution is -2.27. The van der Waals surface area contributed by atoms with Gasteiger partial charge < -0.3 is 0 Å². The molecule has 0 aliphatic rings. The van der Waals surface area contributed by atoms with Crippen LogP contribution in [0.5, 0.6) is 0 Å². The van der Waals surface area contributed by atoms with E-state index in [4.69, 9.17) is 0 Å². The normalized spacial score (nSPS) is 11.6. The Hall–Kier alpha value is -4.23. The summed E-state index contributed by atoms with van der Waals surface area (Å²) in [5.41, 5.74) is 7.23. The van der Waals surface area contributed by atoms with Crippen LogP contribution in [0.15, 0.2) is 121 Å². The van der Waals surface area contributed by atoms with Gasteiger partial charge in [-0.15, -0.1) is 0 Å². The van der Waals surface area contributed by atoms with Gasteiger partial charge in [-0.1, -0.05) is 91.0 Å². The fourth-order valence-electron chi connectivity index (χ4n) is 4.59. The predicted molar refractivity (Wildman–Crippen MR) is 135 cm³/mol. The van der Waals surface area contributed by atoms with Gasteiger partial charge in [0.2, 0.25) is 16.7 Å². The van der Waals surface area contributed by atoms with Crippen molar-refractivity contribution in [2.45, 2.75) is 0 Å². The molecule has 2 aromatic heterocycles. The van der Waals surface area contributed by atoms with Gasteiger partial charge in [0.1, 0.15) is 0 Å². The molecular weight excluding hydrogens is 386 g/mol. The van der Waals surface area contributed by atoms with Gasteiger partial charge in [-0.05, 0) is 34.9 Å². The molecule has 0 saturated heterocycles. The van der Waals surface area contributed by atoms with E-state index in [0.717, 1.165) is 5.69 Å². The smallest absolute Gasteiger partial charge is 0.153 e. The first kappa shape index (κ1) is 18.5. The molecule has 0 amide bonds. The van der Waals surface area contributed by atoms with E-state index in [0.29, 0.717) is 0 Å². The molecule has 2 heterocycles. The number of rotatable bonds is 3. The Morgan fingerprint density at radius 2 is 1.03 bits per heavy atom. The molecule has 6 aromatic rings. The van der Waals surface area contributed by atoms with Gasteiger partial charge in [0, 0.05) is 29.7 Å². The zero-order chi connectivity index (χ0) is 21.3. The molecule has 0 aliphatic carbocycles. The highest BCUT2D eigenvalue weighted by molar-refractivity contribution is 6.10. The number of fused-ring (bicyclic) bond motifs is 6. The Kier molecular flexibility index (Phi) is 4.51. The van der Waals surface area contributed by atoms with Crippen LogP contribution in [0.4, 0.5) is 0 Å². The highest BCUT2D eigenvalue weighted by Crippen LogP contribution is 2.30. The van der Waals surface area contributed by atoms with E-state index in [-0.39, 0.29) is 0 Å². The molecule has 0 N–H and O–H groups in total. The average Bonchev–Trinajstić information content (AvgIpc) is 2.88. The fourth-order valence-corrected chi connectivity index (χ4v) is 4.59. The summed E-state index contributed by atoms with van der Waals surface area (Å²) in [5.74, 6) is 0. The minimum absolute atomic E-state index is 1.16. The maximum atomic E-state index is 2.39. The van der Waals surface area contributed by atoms with Crippen molar-refractivity contribution < 1.29 is 4.40 Å². The first-order valence-corrected chi connectivity index (χ1v) is 11.0. The number of benzene rings is 4. The van der Waals surface area contributed by atoms with Crippen LogP contribution in [0, 0.1) is 0 Å². The Morgan fingerprint density at radius 1 is 0.438 bits per heavy atom. The van der Waals surface area contributed by atoms with Crippen LogP contribution in [0.3, 0.4) is 0 Å². The van der Waals surface area contributed by atoms with Crippen LogP contribution < -0.4 is 4.40 Å². The summed E-state index contributed by atoms with van der Waals surface area (Å²) in [5, 5.41) is 3.81. The Bertz CT molecular complexity index is 1600. The largest absolute Gasteiger partial charge is 0.220 e. The van der Waals surface area contributed by atoms with Gasteiger partial charge in [0.25, 0.3) is 0 Å². The van der Waals surface area contributed by atoms with Crippen molar-refractivity contribution in [2.75, 3.05) is 0 Å². The number of hydrogen-bond acceptors (Lipinski definition) is 0. The van der Waals surface area contributed by atoms with Crippen LogP contribution in [-0.4, -0.2) is 0 Å². The molecule has 150 valence electrons. The predicted octanol–water partition coefficient (Wildman–Crippen LogP) is 7.57. The van der Waals surface area contributed by atoms with E-state index in [9.17, 15) is 0 Å². The topological polar surface area (TPSA) is 4.10 Å². The molecule has 1 heteroatoms. The zero-order valence-corrected chi connectivity index (χ0v) is 17.6. The first-order valence-electron chi connectivity index (χ1n) is 11.0. The van der Waals surface area contributed by atoms with Crippen LogP contribution in [0.25, 0.3) is 50.5 Å². The van der Waals surface area contributed by atoms with E-state index in [1.807, 2.05) is 0 Å². The third-order valence-corrected chi connectivity index (χ3v) is 6.09. The molecule has 0 fully saturated rings. The van der Waals surface area contributed by atoms with Crippen molar-refractivity contribution in [3.8, 4) is 11.1 Å². The summed E-state index contributed by atoms with van der Waals surface area (Å²) in [4.78, 5) is 0. The third-order valence-electron chi connectivity index (χ3n) is 6.09. The highest BCUT2D eigenvalue weighted by Gasteiger charge is 2.20. The summed E-state index contributed by atoms with van der Waals surface area (Å²) in [7, 11) is 0. The molecule has 0 aliphatic heterocycles. The lowest BCUT2D eigenvalue weighted by atomic mass is 9.99. The number of nitrogens with zero attached hydrogens (tertiary/aromatic N) is 1. The second-order valence-electron chi connectivity index (χ2n) is 8.06. The number of aromatic nitrogens is 1. The quantitative estimate of drug-likeness (QED) is 0.210. The van der Waals surface area contributed by atoms with E-state index in [1.165, 1.54) is 43.9 Å². The fraction of sp³-hybridized carbons (Fsp3) is 0. The van der Waals surface area contributed by atoms with Crippen molar-refractivity contribution in [1.29, 1.82) is 0 Å². The van der Waals surface area contributed by atoms with Crippen molar-refractivity contribution in [1.82, 2.24) is 0 Å². The second kappa shape index (κ2) is 7.79. The lowest BCUT2D eigenvalue weighted by molar-refractivity contribution is -0.482. The molecule has 0 bridgehead atoms. The molecule has 1 nitrogen and oxygen atoms in total. The molecule has 0 spiro atoms.